The maximum atomic E-state index is 12.7. The Morgan fingerprint density at radius 1 is 1.29 bits per heavy atom. The number of anilines is 2. The van der Waals surface area contributed by atoms with E-state index in [1.54, 1.807) is 12.1 Å². The highest BCUT2D eigenvalue weighted by atomic mass is 32.2. The molecule has 0 saturated carbocycles. The van der Waals surface area contributed by atoms with Crippen molar-refractivity contribution >= 4 is 33.0 Å². The average molecular weight is 405 g/mol. The van der Waals surface area contributed by atoms with Crippen LogP contribution in [0.4, 0.5) is 17.1 Å². The molecule has 0 radical (unpaired) electrons. The Hall–Kier alpha value is -3.14. The Labute approximate surface area is 162 Å². The van der Waals surface area contributed by atoms with E-state index in [1.165, 1.54) is 42.6 Å². The Kier molecular flexibility index (Phi) is 5.23. The molecule has 0 spiro atoms. The smallest absolute Gasteiger partial charge is 0.273 e. The van der Waals surface area contributed by atoms with Gasteiger partial charge in [0, 0.05) is 23.7 Å². The molecule has 2 aromatic carbocycles. The van der Waals surface area contributed by atoms with E-state index < -0.39 is 20.9 Å². The Balaban J connectivity index is 1.96. The fraction of sp³-hybridized carbons (Fsp3) is 0.278. The first-order valence-electron chi connectivity index (χ1n) is 8.48. The molecule has 0 atom stereocenters. The first-order valence-corrected chi connectivity index (χ1v) is 10.1. The Bertz CT molecular complexity index is 1050. The molecule has 1 amide bonds. The lowest BCUT2D eigenvalue weighted by Crippen LogP contribution is -2.25. The molecule has 0 aliphatic carbocycles. The third-order valence-corrected chi connectivity index (χ3v) is 6.43. The Morgan fingerprint density at radius 2 is 2.04 bits per heavy atom. The second kappa shape index (κ2) is 7.47. The number of sulfonamides is 1. The molecular weight excluding hydrogens is 386 g/mol. The number of hydrogen-bond donors (Lipinski definition) is 1. The number of hydrogen-bond acceptors (Lipinski definition) is 6. The van der Waals surface area contributed by atoms with Crippen LogP contribution in [0.1, 0.15) is 22.3 Å². The van der Waals surface area contributed by atoms with Gasteiger partial charge in [0.15, 0.2) is 0 Å². The zero-order valence-corrected chi connectivity index (χ0v) is 16.2. The van der Waals surface area contributed by atoms with Crippen molar-refractivity contribution in [3.05, 3.63) is 57.6 Å². The van der Waals surface area contributed by atoms with Crippen LogP contribution < -0.4 is 14.4 Å². The van der Waals surface area contributed by atoms with Gasteiger partial charge in [0.25, 0.3) is 11.6 Å². The molecule has 9 nitrogen and oxygen atoms in total. The van der Waals surface area contributed by atoms with Crippen molar-refractivity contribution in [3.8, 4) is 5.75 Å². The van der Waals surface area contributed by atoms with Crippen molar-refractivity contribution in [1.82, 2.24) is 0 Å². The fourth-order valence-electron chi connectivity index (χ4n) is 3.14. The zero-order chi connectivity index (χ0) is 20.5. The summed E-state index contributed by atoms with van der Waals surface area (Å²) in [5.41, 5.74) is 0.927. The van der Waals surface area contributed by atoms with E-state index in [2.05, 4.69) is 5.32 Å². The van der Waals surface area contributed by atoms with E-state index in [0.29, 0.717) is 24.4 Å². The van der Waals surface area contributed by atoms with Gasteiger partial charge in [0.2, 0.25) is 10.0 Å². The molecule has 148 valence electrons. The highest BCUT2D eigenvalue weighted by molar-refractivity contribution is 7.93. The number of methoxy groups -OCH3 is 1. The minimum atomic E-state index is -3.37. The predicted molar refractivity (Wildman–Crippen MR) is 105 cm³/mol. The molecule has 0 bridgehead atoms. The summed E-state index contributed by atoms with van der Waals surface area (Å²) in [5, 5.41) is 13.8. The van der Waals surface area contributed by atoms with Gasteiger partial charge < -0.3 is 10.1 Å². The highest BCUT2D eigenvalue weighted by Gasteiger charge is 2.29. The fourth-order valence-corrected chi connectivity index (χ4v) is 4.69. The second-order valence-corrected chi connectivity index (χ2v) is 8.30. The van der Waals surface area contributed by atoms with E-state index in [-0.39, 0.29) is 28.3 Å². The van der Waals surface area contributed by atoms with Crippen LogP contribution in [0.2, 0.25) is 0 Å². The van der Waals surface area contributed by atoms with Crippen LogP contribution in [0.25, 0.3) is 0 Å². The van der Waals surface area contributed by atoms with Crippen molar-refractivity contribution in [2.75, 3.05) is 29.0 Å². The normalized spacial score (nSPS) is 15.3. The van der Waals surface area contributed by atoms with Crippen LogP contribution in [0, 0.1) is 17.0 Å². The standard InChI is InChI=1S/C18H19N3O6S/c1-12-14(5-3-6-16(12)21(23)24)18(22)19-15-11-13(7-8-17(15)27-2)20-9-4-10-28(20,25)26/h3,5-8,11H,4,9-10H2,1-2H3,(H,19,22). The zero-order valence-electron chi connectivity index (χ0n) is 15.3. The number of ether oxygens (including phenoxy) is 1. The van der Waals surface area contributed by atoms with Crippen molar-refractivity contribution in [2.24, 2.45) is 0 Å². The second-order valence-electron chi connectivity index (χ2n) is 6.29. The molecular formula is C18H19N3O6S. The summed E-state index contributed by atoms with van der Waals surface area (Å²) in [4.78, 5) is 23.3. The summed E-state index contributed by atoms with van der Waals surface area (Å²) in [6, 6.07) is 8.94. The van der Waals surface area contributed by atoms with Crippen LogP contribution in [-0.2, 0) is 10.0 Å². The molecule has 1 aliphatic rings. The third-order valence-electron chi connectivity index (χ3n) is 4.57. The third kappa shape index (κ3) is 3.63. The average Bonchev–Trinajstić information content (AvgIpc) is 3.00. The van der Waals surface area contributed by atoms with Crippen molar-refractivity contribution in [1.29, 1.82) is 0 Å². The maximum Gasteiger partial charge on any atom is 0.273 e. The van der Waals surface area contributed by atoms with Crippen molar-refractivity contribution in [2.45, 2.75) is 13.3 Å². The number of nitrogens with one attached hydrogen (secondary N) is 1. The molecule has 0 unspecified atom stereocenters. The Morgan fingerprint density at radius 3 is 2.64 bits per heavy atom. The topological polar surface area (TPSA) is 119 Å². The van der Waals surface area contributed by atoms with E-state index >= 15 is 0 Å². The monoisotopic (exact) mass is 405 g/mol. The minimum Gasteiger partial charge on any atom is -0.495 e. The van der Waals surface area contributed by atoms with Crippen LogP contribution in [0.15, 0.2) is 36.4 Å². The summed E-state index contributed by atoms with van der Waals surface area (Å²) >= 11 is 0. The van der Waals surface area contributed by atoms with Gasteiger partial charge in [0.05, 0.1) is 29.2 Å². The van der Waals surface area contributed by atoms with Crippen LogP contribution >= 0.6 is 0 Å². The molecule has 0 aromatic heterocycles. The van der Waals surface area contributed by atoms with Crippen LogP contribution in [0.3, 0.4) is 0 Å². The van der Waals surface area contributed by atoms with Crippen molar-refractivity contribution < 1.29 is 22.9 Å². The molecule has 28 heavy (non-hydrogen) atoms. The first-order chi connectivity index (χ1) is 13.2. The molecule has 1 aliphatic heterocycles. The van der Waals surface area contributed by atoms with Gasteiger partial charge in [-0.2, -0.15) is 0 Å². The van der Waals surface area contributed by atoms with Gasteiger partial charge >= 0.3 is 0 Å². The lowest BCUT2D eigenvalue weighted by atomic mass is 10.1. The molecule has 2 aromatic rings. The number of benzene rings is 2. The summed E-state index contributed by atoms with van der Waals surface area (Å²) in [6.45, 7) is 1.86. The SMILES string of the molecule is COc1ccc(N2CCCS2(=O)=O)cc1NC(=O)c1cccc([N+](=O)[O-])c1C. The highest BCUT2D eigenvalue weighted by Crippen LogP contribution is 2.33. The van der Waals surface area contributed by atoms with Gasteiger partial charge in [-0.25, -0.2) is 8.42 Å². The van der Waals surface area contributed by atoms with E-state index in [1.807, 2.05) is 0 Å². The van der Waals surface area contributed by atoms with E-state index in [0.717, 1.165) is 0 Å². The van der Waals surface area contributed by atoms with E-state index in [4.69, 9.17) is 4.74 Å². The molecule has 1 fully saturated rings. The number of rotatable bonds is 5. The number of amides is 1. The summed E-state index contributed by atoms with van der Waals surface area (Å²) in [6.07, 6.45) is 0.531. The number of nitro benzene ring substituents is 1. The van der Waals surface area contributed by atoms with Crippen molar-refractivity contribution in [3.63, 3.8) is 0 Å². The summed E-state index contributed by atoms with van der Waals surface area (Å²) in [7, 11) is -1.95. The molecule has 1 N–H and O–H groups in total. The summed E-state index contributed by atoms with van der Waals surface area (Å²) in [5.74, 6) is -0.133. The van der Waals surface area contributed by atoms with Crippen LogP contribution in [-0.4, -0.2) is 38.7 Å². The number of nitro groups is 1. The van der Waals surface area contributed by atoms with Gasteiger partial charge in [-0.15, -0.1) is 0 Å². The molecule has 3 rings (SSSR count). The van der Waals surface area contributed by atoms with Gasteiger partial charge in [-0.1, -0.05) is 6.07 Å². The van der Waals surface area contributed by atoms with Gasteiger partial charge in [-0.05, 0) is 37.6 Å². The van der Waals surface area contributed by atoms with Gasteiger partial charge in [0.1, 0.15) is 5.75 Å². The molecule has 1 heterocycles. The lowest BCUT2D eigenvalue weighted by Gasteiger charge is -2.19. The van der Waals surface area contributed by atoms with Gasteiger partial charge in [-0.3, -0.25) is 19.2 Å². The first kappa shape index (κ1) is 19.6. The van der Waals surface area contributed by atoms with Crippen LogP contribution in [0.5, 0.6) is 5.75 Å². The number of nitrogens with zero attached hydrogens (tertiary/aromatic N) is 2. The largest absolute Gasteiger partial charge is 0.495 e. The lowest BCUT2D eigenvalue weighted by molar-refractivity contribution is -0.385. The number of carbonyl (C=O) groups excluding carboxylic acids is 1. The quantitative estimate of drug-likeness (QED) is 0.603. The predicted octanol–water partition coefficient (Wildman–Crippen LogP) is 2.70. The summed E-state index contributed by atoms with van der Waals surface area (Å²) < 4.78 is 30.9. The maximum absolute atomic E-state index is 12.7. The molecule has 1 saturated heterocycles. The van der Waals surface area contributed by atoms with E-state index in [9.17, 15) is 23.3 Å². The minimum absolute atomic E-state index is 0.0770. The molecule has 10 heteroatoms. The number of carbonyl (C=O) groups is 1.